The second-order valence-electron chi connectivity index (χ2n) is 5.62. The fourth-order valence-electron chi connectivity index (χ4n) is 1.95. The summed E-state index contributed by atoms with van der Waals surface area (Å²) >= 11 is 3.10. The zero-order chi connectivity index (χ0) is 16.9. The predicted molar refractivity (Wildman–Crippen MR) is 96.3 cm³/mol. The minimum atomic E-state index is 0.0416. The van der Waals surface area contributed by atoms with E-state index in [9.17, 15) is 0 Å². The van der Waals surface area contributed by atoms with Gasteiger partial charge in [0.05, 0.1) is 5.25 Å². The molecule has 0 aliphatic heterocycles. The summed E-state index contributed by atoms with van der Waals surface area (Å²) in [5.74, 6) is 1.62. The van der Waals surface area contributed by atoms with Crippen LogP contribution in [0.1, 0.15) is 49.2 Å². The maximum Gasteiger partial charge on any atom is 0.239 e. The van der Waals surface area contributed by atoms with Crippen LogP contribution in [0.4, 0.5) is 5.13 Å². The molecular formula is C16H19N5OS2. The summed E-state index contributed by atoms with van der Waals surface area (Å²) < 4.78 is 6.21. The molecule has 1 atom stereocenters. The van der Waals surface area contributed by atoms with Gasteiger partial charge in [-0.1, -0.05) is 72.4 Å². The number of nitrogens with zero attached hydrogens (tertiary/aromatic N) is 4. The normalized spacial score (nSPS) is 12.5. The average molecular weight is 361 g/mol. The fraction of sp³-hybridized carbons (Fsp3) is 0.375. The van der Waals surface area contributed by atoms with Gasteiger partial charge in [-0.15, -0.1) is 10.2 Å². The summed E-state index contributed by atoms with van der Waals surface area (Å²) in [5, 5.41) is 16.5. The van der Waals surface area contributed by atoms with E-state index in [1.54, 1.807) is 11.8 Å². The lowest BCUT2D eigenvalue weighted by molar-refractivity contribution is 0.373. The van der Waals surface area contributed by atoms with Crippen LogP contribution in [-0.2, 0) is 6.54 Å². The fourth-order valence-corrected chi connectivity index (χ4v) is 3.87. The minimum Gasteiger partial charge on any atom is -0.356 e. The summed E-state index contributed by atoms with van der Waals surface area (Å²) in [6, 6.07) is 10.2. The Morgan fingerprint density at radius 2 is 1.96 bits per heavy atom. The van der Waals surface area contributed by atoms with E-state index >= 15 is 0 Å². The SMILES string of the molecule is CC(C)c1noc(C(C)Sc2nnc(NCc3ccccc3)s2)n1. The molecule has 0 bridgehead atoms. The number of nitrogens with one attached hydrogen (secondary N) is 1. The molecule has 0 aliphatic rings. The summed E-state index contributed by atoms with van der Waals surface area (Å²) in [6.07, 6.45) is 0. The molecule has 0 fully saturated rings. The van der Waals surface area contributed by atoms with Crippen LogP contribution in [0.25, 0.3) is 0 Å². The smallest absolute Gasteiger partial charge is 0.239 e. The van der Waals surface area contributed by atoms with Crippen molar-refractivity contribution in [1.29, 1.82) is 0 Å². The Hall–Kier alpha value is -1.93. The minimum absolute atomic E-state index is 0.0416. The maximum atomic E-state index is 5.33. The monoisotopic (exact) mass is 361 g/mol. The Balaban J connectivity index is 1.56. The van der Waals surface area contributed by atoms with Crippen molar-refractivity contribution < 1.29 is 4.52 Å². The summed E-state index contributed by atoms with van der Waals surface area (Å²) in [5.41, 5.74) is 1.21. The summed E-state index contributed by atoms with van der Waals surface area (Å²) in [7, 11) is 0. The second kappa shape index (κ2) is 7.76. The first-order chi connectivity index (χ1) is 11.6. The molecule has 24 heavy (non-hydrogen) atoms. The first-order valence-electron chi connectivity index (χ1n) is 7.73. The van der Waals surface area contributed by atoms with Crippen LogP contribution in [0.2, 0.25) is 0 Å². The molecule has 0 spiro atoms. The van der Waals surface area contributed by atoms with E-state index in [-0.39, 0.29) is 11.2 Å². The Bertz CT molecular complexity index is 772. The third-order valence-electron chi connectivity index (χ3n) is 3.29. The van der Waals surface area contributed by atoms with E-state index in [0.717, 1.165) is 21.8 Å². The van der Waals surface area contributed by atoms with E-state index in [1.165, 1.54) is 16.9 Å². The molecule has 0 amide bonds. The van der Waals surface area contributed by atoms with E-state index in [2.05, 4.69) is 37.8 Å². The van der Waals surface area contributed by atoms with Crippen molar-refractivity contribution in [2.24, 2.45) is 0 Å². The van der Waals surface area contributed by atoms with E-state index in [0.29, 0.717) is 5.89 Å². The van der Waals surface area contributed by atoms with Crippen molar-refractivity contribution in [3.05, 3.63) is 47.6 Å². The van der Waals surface area contributed by atoms with E-state index in [4.69, 9.17) is 4.52 Å². The standard InChI is InChI=1S/C16H19N5OS2/c1-10(2)13-18-14(22-21-13)11(3)23-16-20-19-15(24-16)17-9-12-7-5-4-6-8-12/h4-8,10-11H,9H2,1-3H3,(H,17,19). The summed E-state index contributed by atoms with van der Waals surface area (Å²) in [6.45, 7) is 6.85. The van der Waals surface area contributed by atoms with Crippen molar-refractivity contribution >= 4 is 28.2 Å². The topological polar surface area (TPSA) is 76.7 Å². The molecule has 2 aromatic heterocycles. The lowest BCUT2D eigenvalue weighted by atomic mass is 10.2. The lowest BCUT2D eigenvalue weighted by Crippen LogP contribution is -1.98. The first kappa shape index (κ1) is 16.9. The van der Waals surface area contributed by atoms with Crippen LogP contribution in [0.3, 0.4) is 0 Å². The van der Waals surface area contributed by atoms with Crippen molar-refractivity contribution in [1.82, 2.24) is 20.3 Å². The highest BCUT2D eigenvalue weighted by atomic mass is 32.2. The van der Waals surface area contributed by atoms with Gasteiger partial charge >= 0.3 is 0 Å². The molecule has 0 saturated carbocycles. The zero-order valence-electron chi connectivity index (χ0n) is 13.8. The Morgan fingerprint density at radius 1 is 1.17 bits per heavy atom. The number of hydrogen-bond acceptors (Lipinski definition) is 8. The van der Waals surface area contributed by atoms with Crippen LogP contribution in [0, 0.1) is 0 Å². The van der Waals surface area contributed by atoms with Crippen LogP contribution in [0.15, 0.2) is 39.2 Å². The third-order valence-corrected chi connectivity index (χ3v) is 5.34. The van der Waals surface area contributed by atoms with Gasteiger partial charge in [0.15, 0.2) is 10.2 Å². The second-order valence-corrected chi connectivity index (χ2v) is 8.18. The van der Waals surface area contributed by atoms with E-state index < -0.39 is 0 Å². The molecule has 2 heterocycles. The van der Waals surface area contributed by atoms with Gasteiger partial charge in [-0.2, -0.15) is 4.98 Å². The molecule has 3 rings (SSSR count). The molecule has 1 aromatic carbocycles. The number of anilines is 1. The molecule has 8 heteroatoms. The highest BCUT2D eigenvalue weighted by Crippen LogP contribution is 2.37. The van der Waals surface area contributed by atoms with Crippen molar-refractivity contribution in [3.63, 3.8) is 0 Å². The lowest BCUT2D eigenvalue weighted by Gasteiger charge is -2.02. The molecule has 1 N–H and O–H groups in total. The number of benzene rings is 1. The molecule has 0 radical (unpaired) electrons. The molecular weight excluding hydrogens is 342 g/mol. The van der Waals surface area contributed by atoms with Crippen LogP contribution in [0.5, 0.6) is 0 Å². The Morgan fingerprint density at radius 3 is 2.67 bits per heavy atom. The highest BCUT2D eigenvalue weighted by molar-refractivity contribution is 8.01. The van der Waals surface area contributed by atoms with Gasteiger partial charge in [-0.25, -0.2) is 0 Å². The largest absolute Gasteiger partial charge is 0.356 e. The number of aromatic nitrogens is 4. The third kappa shape index (κ3) is 4.33. The molecule has 0 aliphatic carbocycles. The molecule has 3 aromatic rings. The first-order valence-corrected chi connectivity index (χ1v) is 9.43. The van der Waals surface area contributed by atoms with E-state index in [1.807, 2.05) is 39.0 Å². The predicted octanol–water partition coefficient (Wildman–Crippen LogP) is 4.51. The number of hydrogen-bond donors (Lipinski definition) is 1. The van der Waals surface area contributed by atoms with Gasteiger partial charge in [0.25, 0.3) is 0 Å². The van der Waals surface area contributed by atoms with Crippen molar-refractivity contribution in [2.75, 3.05) is 5.32 Å². The van der Waals surface area contributed by atoms with Gasteiger partial charge < -0.3 is 9.84 Å². The summed E-state index contributed by atoms with van der Waals surface area (Å²) in [4.78, 5) is 4.43. The Labute approximate surface area is 149 Å². The zero-order valence-corrected chi connectivity index (χ0v) is 15.4. The molecule has 0 saturated heterocycles. The van der Waals surface area contributed by atoms with Gasteiger partial charge in [0.2, 0.25) is 11.0 Å². The van der Waals surface area contributed by atoms with Gasteiger partial charge in [0.1, 0.15) is 0 Å². The average Bonchev–Trinajstić information content (AvgIpc) is 3.23. The highest BCUT2D eigenvalue weighted by Gasteiger charge is 2.19. The Kier molecular flexibility index (Phi) is 5.47. The quantitative estimate of drug-likeness (QED) is 0.620. The number of thioether (sulfide) groups is 1. The molecule has 1 unspecified atom stereocenters. The van der Waals surface area contributed by atoms with Crippen LogP contribution >= 0.6 is 23.1 Å². The van der Waals surface area contributed by atoms with Crippen molar-refractivity contribution in [2.45, 2.75) is 42.8 Å². The number of rotatable bonds is 7. The van der Waals surface area contributed by atoms with Gasteiger partial charge in [-0.05, 0) is 12.5 Å². The molecule has 126 valence electrons. The maximum absolute atomic E-state index is 5.33. The molecule has 6 nitrogen and oxygen atoms in total. The van der Waals surface area contributed by atoms with Gasteiger partial charge in [0, 0.05) is 12.5 Å². The van der Waals surface area contributed by atoms with Crippen molar-refractivity contribution in [3.8, 4) is 0 Å². The van der Waals surface area contributed by atoms with Crippen LogP contribution in [-0.4, -0.2) is 20.3 Å². The van der Waals surface area contributed by atoms with Gasteiger partial charge in [-0.3, -0.25) is 0 Å². The van der Waals surface area contributed by atoms with Crippen LogP contribution < -0.4 is 5.32 Å².